The summed E-state index contributed by atoms with van der Waals surface area (Å²) in [6, 6.07) is 27.7. The summed E-state index contributed by atoms with van der Waals surface area (Å²) < 4.78 is 1.07. The van der Waals surface area contributed by atoms with Crippen molar-refractivity contribution < 1.29 is 9.59 Å². The van der Waals surface area contributed by atoms with Gasteiger partial charge in [0.25, 0.3) is 0 Å². The van der Waals surface area contributed by atoms with E-state index < -0.39 is 0 Å². The number of para-hydroxylation sites is 2. The number of carbonyl (C=O) groups excluding carboxylic acids is 2. The van der Waals surface area contributed by atoms with E-state index >= 15 is 0 Å². The van der Waals surface area contributed by atoms with Crippen LogP contribution >= 0.6 is 48.0 Å². The van der Waals surface area contributed by atoms with Crippen molar-refractivity contribution >= 4 is 91.2 Å². The molecule has 0 aliphatic carbocycles. The number of thioether (sulfide) groups is 2. The summed E-state index contributed by atoms with van der Waals surface area (Å²) >= 11 is 13.6. The van der Waals surface area contributed by atoms with Crippen LogP contribution in [0.3, 0.4) is 0 Å². The summed E-state index contributed by atoms with van der Waals surface area (Å²) in [6.45, 7) is 7.97. The Kier molecular flexibility index (Phi) is 12.0. The number of carbonyl (C=O) groups is 2. The molecule has 0 heterocycles. The molecule has 4 N–H and O–H groups in total. The third-order valence-electron chi connectivity index (χ3n) is 6.77. The fourth-order valence-corrected chi connectivity index (χ4v) is 5.93. The van der Waals surface area contributed by atoms with E-state index in [1.807, 2.05) is 100 Å². The van der Waals surface area contributed by atoms with E-state index in [0.717, 1.165) is 56.1 Å². The first kappa shape index (κ1) is 33.2. The minimum atomic E-state index is -0.100. The number of amides is 2. The predicted molar refractivity (Wildman–Crippen MR) is 198 cm³/mol. The average Bonchev–Trinajstić information content (AvgIpc) is 2.99. The molecular formula is C34H34N4O2S4. The maximum atomic E-state index is 12.4. The molecule has 0 radical (unpaired) electrons. The molecular weight excluding hydrogens is 625 g/mol. The summed E-state index contributed by atoms with van der Waals surface area (Å²) in [5.74, 6) is 0.243. The van der Waals surface area contributed by atoms with Crippen molar-refractivity contribution in [3.63, 3.8) is 0 Å². The van der Waals surface area contributed by atoms with Gasteiger partial charge in [-0.1, -0.05) is 96.5 Å². The highest BCUT2D eigenvalue weighted by Gasteiger charge is 2.11. The van der Waals surface area contributed by atoms with E-state index in [1.165, 1.54) is 23.5 Å². The van der Waals surface area contributed by atoms with Crippen LogP contribution in [0.2, 0.25) is 0 Å². The van der Waals surface area contributed by atoms with Crippen molar-refractivity contribution in [2.24, 2.45) is 0 Å². The molecule has 10 heteroatoms. The Bertz CT molecular complexity index is 1580. The molecule has 226 valence electrons. The van der Waals surface area contributed by atoms with Gasteiger partial charge in [0, 0.05) is 22.7 Å². The van der Waals surface area contributed by atoms with Crippen molar-refractivity contribution in [2.45, 2.75) is 27.7 Å². The molecule has 0 atom stereocenters. The summed E-state index contributed by atoms with van der Waals surface area (Å²) in [4.78, 5) is 24.8. The SMILES string of the molecule is Cc1ccccc1NC(=O)CSC(=S)Nc1ccc(-c2ccc(NC(=S)SCC(=O)Nc3ccccc3C)c(C)c2)cc1C. The van der Waals surface area contributed by atoms with Crippen molar-refractivity contribution in [1.29, 1.82) is 0 Å². The van der Waals surface area contributed by atoms with E-state index in [4.69, 9.17) is 24.4 Å². The average molecular weight is 659 g/mol. The smallest absolute Gasteiger partial charge is 0.234 e. The lowest BCUT2D eigenvalue weighted by Gasteiger charge is -2.14. The maximum absolute atomic E-state index is 12.4. The molecule has 0 saturated carbocycles. The van der Waals surface area contributed by atoms with E-state index in [-0.39, 0.29) is 23.3 Å². The van der Waals surface area contributed by atoms with Gasteiger partial charge in [-0.25, -0.2) is 0 Å². The lowest BCUT2D eigenvalue weighted by atomic mass is 10.00. The number of hydrogen-bond acceptors (Lipinski definition) is 6. The van der Waals surface area contributed by atoms with Crippen LogP contribution in [-0.2, 0) is 9.59 Å². The molecule has 4 rings (SSSR count). The first-order valence-electron chi connectivity index (χ1n) is 13.9. The lowest BCUT2D eigenvalue weighted by Crippen LogP contribution is -2.17. The topological polar surface area (TPSA) is 82.3 Å². The fraction of sp³-hybridized carbons (Fsp3) is 0.176. The first-order chi connectivity index (χ1) is 21.1. The molecule has 0 aliphatic heterocycles. The molecule has 0 spiro atoms. The van der Waals surface area contributed by atoms with Gasteiger partial charge in [-0.15, -0.1) is 0 Å². The highest BCUT2D eigenvalue weighted by Crippen LogP contribution is 2.29. The number of hydrogen-bond donors (Lipinski definition) is 4. The minimum absolute atomic E-state index is 0.100. The van der Waals surface area contributed by atoms with Gasteiger partial charge in [-0.3, -0.25) is 9.59 Å². The molecule has 0 unspecified atom stereocenters. The Morgan fingerprint density at radius 1 is 0.523 bits per heavy atom. The third-order valence-corrected chi connectivity index (χ3v) is 9.22. The quantitative estimate of drug-likeness (QED) is 0.133. The van der Waals surface area contributed by atoms with Gasteiger partial charge in [-0.05, 0) is 97.5 Å². The zero-order valence-corrected chi connectivity index (χ0v) is 28.2. The molecule has 4 aromatic carbocycles. The second-order valence-corrected chi connectivity index (χ2v) is 13.5. The van der Waals surface area contributed by atoms with Gasteiger partial charge in [0.15, 0.2) is 0 Å². The van der Waals surface area contributed by atoms with Gasteiger partial charge in [0.2, 0.25) is 11.8 Å². The molecule has 0 aliphatic rings. The second kappa shape index (κ2) is 15.9. The number of rotatable bonds is 9. The lowest BCUT2D eigenvalue weighted by molar-refractivity contribution is -0.114. The molecule has 4 aromatic rings. The van der Waals surface area contributed by atoms with Crippen LogP contribution in [0.4, 0.5) is 22.7 Å². The number of aryl methyl sites for hydroxylation is 4. The number of anilines is 4. The zero-order valence-electron chi connectivity index (χ0n) is 24.9. The summed E-state index contributed by atoms with van der Waals surface area (Å²) in [7, 11) is 0. The maximum Gasteiger partial charge on any atom is 0.234 e. The summed E-state index contributed by atoms with van der Waals surface area (Å²) in [5.41, 5.74) is 9.66. The third kappa shape index (κ3) is 9.65. The van der Waals surface area contributed by atoms with Gasteiger partial charge >= 0.3 is 0 Å². The van der Waals surface area contributed by atoms with Crippen LogP contribution in [0.15, 0.2) is 84.9 Å². The molecule has 0 saturated heterocycles. The zero-order chi connectivity index (χ0) is 31.6. The molecule has 0 aromatic heterocycles. The van der Waals surface area contributed by atoms with Crippen LogP contribution in [-0.4, -0.2) is 32.0 Å². The van der Waals surface area contributed by atoms with Crippen LogP contribution in [0.25, 0.3) is 11.1 Å². The Morgan fingerprint density at radius 3 is 1.25 bits per heavy atom. The van der Waals surface area contributed by atoms with Gasteiger partial charge in [-0.2, -0.15) is 0 Å². The highest BCUT2D eigenvalue weighted by atomic mass is 32.2. The first-order valence-corrected chi connectivity index (χ1v) is 16.7. The van der Waals surface area contributed by atoms with Gasteiger partial charge in [0.1, 0.15) is 8.64 Å². The van der Waals surface area contributed by atoms with Crippen molar-refractivity contribution in [2.75, 3.05) is 32.8 Å². The van der Waals surface area contributed by atoms with Gasteiger partial charge in [0.05, 0.1) is 11.5 Å². The Morgan fingerprint density at radius 2 is 0.886 bits per heavy atom. The van der Waals surface area contributed by atoms with Crippen molar-refractivity contribution in [3.8, 4) is 11.1 Å². The van der Waals surface area contributed by atoms with E-state index in [0.29, 0.717) is 8.64 Å². The van der Waals surface area contributed by atoms with E-state index in [2.05, 4.69) is 33.4 Å². The van der Waals surface area contributed by atoms with E-state index in [1.54, 1.807) is 0 Å². The number of thiocarbonyl (C=S) groups is 2. The van der Waals surface area contributed by atoms with Gasteiger partial charge < -0.3 is 21.3 Å². The van der Waals surface area contributed by atoms with Crippen LogP contribution in [0.5, 0.6) is 0 Å². The molecule has 2 amide bonds. The number of benzene rings is 4. The highest BCUT2D eigenvalue weighted by molar-refractivity contribution is 8.24. The fourth-order valence-electron chi connectivity index (χ4n) is 4.32. The van der Waals surface area contributed by atoms with Crippen molar-refractivity contribution in [1.82, 2.24) is 0 Å². The molecule has 0 bridgehead atoms. The monoisotopic (exact) mass is 658 g/mol. The Balaban J connectivity index is 1.27. The molecule has 6 nitrogen and oxygen atoms in total. The van der Waals surface area contributed by atoms with Crippen LogP contribution in [0.1, 0.15) is 22.3 Å². The Labute approximate surface area is 278 Å². The summed E-state index contributed by atoms with van der Waals surface area (Å²) in [6.07, 6.45) is 0. The van der Waals surface area contributed by atoms with Crippen molar-refractivity contribution in [3.05, 3.63) is 107 Å². The van der Waals surface area contributed by atoms with Crippen LogP contribution in [0, 0.1) is 27.7 Å². The predicted octanol–water partition coefficient (Wildman–Crippen LogP) is 8.72. The Hall–Kier alpha value is -3.70. The second-order valence-electron chi connectivity index (χ2n) is 10.2. The standard InChI is InChI=1S/C34H34N4O2S4/c1-21-9-5-7-11-27(21)35-31(39)19-43-33(41)37-29-15-13-25(17-23(29)3)26-14-16-30(24(4)18-26)38-34(42)44-20-32(40)36-28-12-8-6-10-22(28)2/h5-18H,19-20H2,1-4H3,(H,35,39)(H,36,40)(H,37,41)(H,38,42). The summed E-state index contributed by atoms with van der Waals surface area (Å²) in [5, 5.41) is 12.4. The molecule has 0 fully saturated rings. The molecule has 44 heavy (non-hydrogen) atoms. The number of nitrogens with one attached hydrogen (secondary N) is 4. The largest absolute Gasteiger partial charge is 0.341 e. The normalized spacial score (nSPS) is 10.5. The van der Waals surface area contributed by atoms with E-state index in [9.17, 15) is 9.59 Å². The minimum Gasteiger partial charge on any atom is -0.341 e. The van der Waals surface area contributed by atoms with Crippen LogP contribution < -0.4 is 21.3 Å².